The molecular formula is C24H25N2O4. The van der Waals surface area contributed by atoms with E-state index in [1.165, 1.54) is 0 Å². The number of hydrogen-bond donors (Lipinski definition) is 2. The highest BCUT2D eigenvalue weighted by Crippen LogP contribution is 2.35. The highest BCUT2D eigenvalue weighted by atomic mass is 16.5. The molecule has 3 rings (SSSR count). The lowest BCUT2D eigenvalue weighted by Gasteiger charge is -2.23. The van der Waals surface area contributed by atoms with Gasteiger partial charge in [-0.25, -0.2) is 4.79 Å². The number of ether oxygens (including phenoxy) is 1. The number of fused-ring (bicyclic) bond motifs is 2. The fourth-order valence-electron chi connectivity index (χ4n) is 3.34. The van der Waals surface area contributed by atoms with Crippen LogP contribution >= 0.6 is 0 Å². The van der Waals surface area contributed by atoms with Gasteiger partial charge in [-0.1, -0.05) is 37.8 Å². The molecule has 2 aromatic carbocycles. The number of carbonyl (C=O) groups excluding carboxylic acids is 3. The minimum absolute atomic E-state index is 0.170. The van der Waals surface area contributed by atoms with E-state index in [-0.39, 0.29) is 18.2 Å². The second-order valence-corrected chi connectivity index (χ2v) is 7.09. The minimum atomic E-state index is -0.424. The topological polar surface area (TPSA) is 84.5 Å². The Morgan fingerprint density at radius 1 is 0.933 bits per heavy atom. The zero-order valence-corrected chi connectivity index (χ0v) is 17.0. The lowest BCUT2D eigenvalue weighted by atomic mass is 9.82. The molecule has 2 N–H and O–H groups in total. The monoisotopic (exact) mass is 405 g/mol. The van der Waals surface area contributed by atoms with E-state index in [2.05, 4.69) is 24.1 Å². The maximum Gasteiger partial charge on any atom is 0.333 e. The van der Waals surface area contributed by atoms with Crippen LogP contribution in [0.5, 0.6) is 0 Å². The van der Waals surface area contributed by atoms with Crippen LogP contribution < -0.4 is 10.6 Å². The van der Waals surface area contributed by atoms with Crippen LogP contribution in [0.1, 0.15) is 51.6 Å². The molecular weight excluding hydrogens is 380 g/mol. The van der Waals surface area contributed by atoms with Crippen LogP contribution in [0.4, 0.5) is 11.4 Å². The number of anilines is 2. The van der Waals surface area contributed by atoms with E-state index < -0.39 is 5.97 Å². The second kappa shape index (κ2) is 9.39. The summed E-state index contributed by atoms with van der Waals surface area (Å²) in [4.78, 5) is 37.9. The fourth-order valence-corrected chi connectivity index (χ4v) is 3.34. The Bertz CT molecular complexity index is 1010. The first kappa shape index (κ1) is 21.3. The van der Waals surface area contributed by atoms with Crippen molar-refractivity contribution in [1.82, 2.24) is 0 Å². The van der Waals surface area contributed by atoms with Crippen LogP contribution in [0.25, 0.3) is 0 Å². The van der Waals surface area contributed by atoms with E-state index in [4.69, 9.17) is 4.74 Å². The summed E-state index contributed by atoms with van der Waals surface area (Å²) in [5.41, 5.74) is 3.15. The number of esters is 1. The van der Waals surface area contributed by atoms with Crippen LogP contribution in [-0.2, 0) is 9.53 Å². The molecule has 0 atom stereocenters. The number of ketones is 2. The van der Waals surface area contributed by atoms with Gasteiger partial charge in [0.25, 0.3) is 0 Å². The third kappa shape index (κ3) is 4.27. The summed E-state index contributed by atoms with van der Waals surface area (Å²) >= 11 is 0. The molecule has 1 aliphatic carbocycles. The van der Waals surface area contributed by atoms with Gasteiger partial charge in [-0.3, -0.25) is 9.59 Å². The SMILES string of the molecule is [CH2]CCNc1cccc2c1C(=O)c1c(NCCCOC(=O)C(=C)C)cccc1C2=O. The Morgan fingerprint density at radius 2 is 1.50 bits per heavy atom. The Labute approximate surface area is 176 Å². The smallest absolute Gasteiger partial charge is 0.333 e. The Morgan fingerprint density at radius 3 is 2.03 bits per heavy atom. The summed E-state index contributed by atoms with van der Waals surface area (Å²) in [6.45, 7) is 10.3. The van der Waals surface area contributed by atoms with Gasteiger partial charge in [0, 0.05) is 41.2 Å². The molecule has 0 aromatic heterocycles. The average molecular weight is 405 g/mol. The highest BCUT2D eigenvalue weighted by molar-refractivity contribution is 6.31. The number of rotatable bonds is 9. The lowest BCUT2D eigenvalue weighted by molar-refractivity contribution is -0.138. The summed E-state index contributed by atoms with van der Waals surface area (Å²) in [7, 11) is 0. The van der Waals surface area contributed by atoms with Gasteiger partial charge in [0.1, 0.15) is 0 Å². The predicted octanol–water partition coefficient (Wildman–Crippen LogP) is 4.02. The van der Waals surface area contributed by atoms with Gasteiger partial charge in [-0.05, 0) is 31.9 Å². The first-order valence-corrected chi connectivity index (χ1v) is 9.90. The van der Waals surface area contributed by atoms with Crippen molar-refractivity contribution in [2.45, 2.75) is 19.8 Å². The zero-order valence-electron chi connectivity index (χ0n) is 17.0. The van der Waals surface area contributed by atoms with E-state index in [1.807, 2.05) is 0 Å². The van der Waals surface area contributed by atoms with Gasteiger partial charge < -0.3 is 15.4 Å². The molecule has 0 saturated heterocycles. The van der Waals surface area contributed by atoms with Crippen LogP contribution in [0, 0.1) is 6.92 Å². The van der Waals surface area contributed by atoms with Crippen molar-refractivity contribution in [3.8, 4) is 0 Å². The van der Waals surface area contributed by atoms with Crippen molar-refractivity contribution in [3.05, 3.63) is 77.7 Å². The quantitative estimate of drug-likeness (QED) is 0.318. The molecule has 2 aromatic rings. The number of nitrogens with one attached hydrogen (secondary N) is 2. The summed E-state index contributed by atoms with van der Waals surface area (Å²) in [6, 6.07) is 10.5. The van der Waals surface area contributed by atoms with Crippen molar-refractivity contribution >= 4 is 28.9 Å². The van der Waals surface area contributed by atoms with Crippen molar-refractivity contribution in [2.75, 3.05) is 30.3 Å². The first-order valence-electron chi connectivity index (χ1n) is 9.90. The fraction of sp³-hybridized carbons (Fsp3) is 0.250. The summed E-state index contributed by atoms with van der Waals surface area (Å²) in [5, 5.41) is 6.39. The second-order valence-electron chi connectivity index (χ2n) is 7.09. The van der Waals surface area contributed by atoms with E-state index >= 15 is 0 Å². The standard InChI is InChI=1S/C24H25N2O4/c1-4-12-25-18-10-5-8-16-20(18)23(28)21-17(22(16)27)9-6-11-19(21)26-13-7-14-30-24(29)15(2)3/h5-6,8-11,25-26H,1-2,4,7,12-14H2,3H3. The average Bonchev–Trinajstić information content (AvgIpc) is 2.75. The Balaban J connectivity index is 1.81. The van der Waals surface area contributed by atoms with Crippen molar-refractivity contribution < 1.29 is 19.1 Å². The number of hydrogen-bond acceptors (Lipinski definition) is 6. The number of carbonyl (C=O) groups is 3. The van der Waals surface area contributed by atoms with E-state index in [0.717, 1.165) is 0 Å². The van der Waals surface area contributed by atoms with Gasteiger partial charge >= 0.3 is 5.97 Å². The molecule has 30 heavy (non-hydrogen) atoms. The highest BCUT2D eigenvalue weighted by Gasteiger charge is 2.33. The maximum absolute atomic E-state index is 13.4. The molecule has 0 heterocycles. The third-order valence-electron chi connectivity index (χ3n) is 4.78. The van der Waals surface area contributed by atoms with Crippen molar-refractivity contribution in [2.24, 2.45) is 0 Å². The number of benzene rings is 2. The minimum Gasteiger partial charge on any atom is -0.462 e. The van der Waals surface area contributed by atoms with Gasteiger partial charge in [0.15, 0.2) is 11.6 Å². The summed E-state index contributed by atoms with van der Waals surface area (Å²) in [6.07, 6.45) is 1.21. The van der Waals surface area contributed by atoms with Crippen LogP contribution in [0.3, 0.4) is 0 Å². The van der Waals surface area contributed by atoms with Gasteiger partial charge in [-0.15, -0.1) is 0 Å². The Kier molecular flexibility index (Phi) is 6.67. The molecule has 0 unspecified atom stereocenters. The first-order chi connectivity index (χ1) is 14.5. The lowest BCUT2D eigenvalue weighted by Crippen LogP contribution is -2.24. The normalized spacial score (nSPS) is 12.1. The van der Waals surface area contributed by atoms with Crippen LogP contribution in [0.15, 0.2) is 48.6 Å². The molecule has 0 spiro atoms. The molecule has 0 fully saturated rings. The van der Waals surface area contributed by atoms with Crippen LogP contribution in [0.2, 0.25) is 0 Å². The molecule has 0 bridgehead atoms. The summed E-state index contributed by atoms with van der Waals surface area (Å²) in [5.74, 6) is -0.785. The van der Waals surface area contributed by atoms with E-state index in [0.29, 0.717) is 65.1 Å². The van der Waals surface area contributed by atoms with Crippen molar-refractivity contribution in [1.29, 1.82) is 0 Å². The van der Waals surface area contributed by atoms with E-state index in [1.54, 1.807) is 43.3 Å². The zero-order chi connectivity index (χ0) is 21.7. The molecule has 155 valence electrons. The van der Waals surface area contributed by atoms with Gasteiger partial charge in [-0.2, -0.15) is 0 Å². The predicted molar refractivity (Wildman–Crippen MR) is 117 cm³/mol. The third-order valence-corrected chi connectivity index (χ3v) is 4.78. The Hall–Kier alpha value is -3.41. The van der Waals surface area contributed by atoms with E-state index in [9.17, 15) is 14.4 Å². The molecule has 1 radical (unpaired) electrons. The molecule has 6 heteroatoms. The van der Waals surface area contributed by atoms with Gasteiger partial charge in [0.05, 0.1) is 17.7 Å². The van der Waals surface area contributed by atoms with Crippen LogP contribution in [-0.4, -0.2) is 37.2 Å². The molecule has 0 amide bonds. The van der Waals surface area contributed by atoms with Gasteiger partial charge in [0.2, 0.25) is 0 Å². The maximum atomic E-state index is 13.4. The molecule has 6 nitrogen and oxygen atoms in total. The summed E-state index contributed by atoms with van der Waals surface area (Å²) < 4.78 is 5.08. The molecule has 0 saturated carbocycles. The van der Waals surface area contributed by atoms with Crippen molar-refractivity contribution in [3.63, 3.8) is 0 Å². The molecule has 0 aliphatic heterocycles. The molecule has 1 aliphatic rings. The largest absolute Gasteiger partial charge is 0.462 e.